The summed E-state index contributed by atoms with van der Waals surface area (Å²) in [5.41, 5.74) is 0.616. The molecule has 1 amide bonds. The molecule has 0 aromatic heterocycles. The number of carbonyl (C=O) groups excluding carboxylic acids is 2. The van der Waals surface area contributed by atoms with Crippen molar-refractivity contribution in [3.8, 4) is 0 Å². The predicted molar refractivity (Wildman–Crippen MR) is 114 cm³/mol. The summed E-state index contributed by atoms with van der Waals surface area (Å²) in [6, 6.07) is 9.85. The second kappa shape index (κ2) is 13.4. The molecule has 162 valence electrons. The van der Waals surface area contributed by atoms with Gasteiger partial charge in [0.25, 0.3) is 0 Å². The molecule has 0 heterocycles. The van der Waals surface area contributed by atoms with Gasteiger partial charge in [0.1, 0.15) is 0 Å². The number of ether oxygens (including phenoxy) is 1. The van der Waals surface area contributed by atoms with E-state index in [0.29, 0.717) is 31.1 Å². The Morgan fingerprint density at radius 2 is 1.79 bits per heavy atom. The number of hydrogen-bond acceptors (Lipinski definition) is 4. The van der Waals surface area contributed by atoms with Crippen molar-refractivity contribution in [2.75, 3.05) is 6.54 Å². The first-order chi connectivity index (χ1) is 13.7. The molecule has 0 saturated heterocycles. The molecular formula is C22H33NO5Se. The molecule has 0 saturated carbocycles. The molecule has 1 aromatic rings. The van der Waals surface area contributed by atoms with Gasteiger partial charge in [-0.3, -0.25) is 0 Å². The van der Waals surface area contributed by atoms with Crippen LogP contribution in [0.3, 0.4) is 0 Å². The van der Waals surface area contributed by atoms with Crippen molar-refractivity contribution in [1.29, 1.82) is 0 Å². The zero-order valence-electron chi connectivity index (χ0n) is 17.6. The van der Waals surface area contributed by atoms with E-state index in [1.54, 1.807) is 0 Å². The first-order valence-electron chi connectivity index (χ1n) is 10.1. The summed E-state index contributed by atoms with van der Waals surface area (Å²) < 4.78 is 5.33. The Morgan fingerprint density at radius 3 is 2.41 bits per heavy atom. The molecule has 0 fully saturated rings. The third-order valence-corrected chi connectivity index (χ3v) is 6.45. The quantitative estimate of drug-likeness (QED) is 0.335. The van der Waals surface area contributed by atoms with Gasteiger partial charge in [-0.1, -0.05) is 0 Å². The Morgan fingerprint density at radius 1 is 1.10 bits per heavy atom. The molecule has 1 aromatic carbocycles. The van der Waals surface area contributed by atoms with Crippen molar-refractivity contribution < 1.29 is 24.2 Å². The van der Waals surface area contributed by atoms with Crippen LogP contribution in [0.5, 0.6) is 0 Å². The Balaban J connectivity index is 2.17. The number of unbranched alkanes of at least 4 members (excludes halogenated alkanes) is 2. The number of aliphatic carboxylic acids is 1. The molecule has 0 aliphatic carbocycles. The third-order valence-electron chi connectivity index (χ3n) is 4.15. The fraction of sp³-hybridized carbons (Fsp3) is 0.591. The van der Waals surface area contributed by atoms with Crippen molar-refractivity contribution in [3.05, 3.63) is 35.9 Å². The summed E-state index contributed by atoms with van der Waals surface area (Å²) in [4.78, 5) is 35.1. The molecule has 0 aliphatic rings. The number of amides is 1. The summed E-state index contributed by atoms with van der Waals surface area (Å²) >= 11 is -0.296. The molecule has 0 bridgehead atoms. The van der Waals surface area contributed by atoms with Crippen LogP contribution in [0.15, 0.2) is 30.3 Å². The van der Waals surface area contributed by atoms with E-state index >= 15 is 0 Å². The van der Waals surface area contributed by atoms with Gasteiger partial charge in [0.05, 0.1) is 0 Å². The first-order valence-corrected chi connectivity index (χ1v) is 12.1. The van der Waals surface area contributed by atoms with Crippen LogP contribution in [0, 0.1) is 5.92 Å². The molecule has 1 rings (SSSR count). The van der Waals surface area contributed by atoms with Gasteiger partial charge in [0.2, 0.25) is 0 Å². The van der Waals surface area contributed by atoms with Gasteiger partial charge in [-0.25, -0.2) is 0 Å². The zero-order valence-corrected chi connectivity index (χ0v) is 19.3. The Labute approximate surface area is 179 Å². The Kier molecular flexibility index (Phi) is 11.6. The van der Waals surface area contributed by atoms with Crippen LogP contribution in [0.2, 0.25) is 5.32 Å². The number of alkyl carbamates (subject to hydrolysis) is 1. The topological polar surface area (TPSA) is 92.7 Å². The van der Waals surface area contributed by atoms with Crippen molar-refractivity contribution in [2.45, 2.75) is 70.2 Å². The molecule has 29 heavy (non-hydrogen) atoms. The zero-order chi connectivity index (χ0) is 21.7. The fourth-order valence-corrected chi connectivity index (χ4v) is 4.61. The van der Waals surface area contributed by atoms with Crippen LogP contribution in [-0.4, -0.2) is 49.0 Å². The van der Waals surface area contributed by atoms with Crippen LogP contribution >= 0.6 is 0 Å². The SMILES string of the molecule is CC(C)(C)OC(=O)NCCCCCC(C[Se]C(=O)CCc1ccccc1)C(=O)O. The average molecular weight is 470 g/mol. The second-order valence-corrected chi connectivity index (χ2v) is 10.2. The summed E-state index contributed by atoms with van der Waals surface area (Å²) in [5, 5.41) is 12.6. The Bertz CT molecular complexity index is 642. The molecule has 2 N–H and O–H groups in total. The molecule has 6 nitrogen and oxygen atoms in total. The predicted octanol–water partition coefficient (Wildman–Crippen LogP) is 4.05. The standard InChI is InChI=1S/C22H33NO5Se/c1-22(2,3)28-21(27)23-15-9-5-8-12-18(20(25)26)16-29-19(24)14-13-17-10-6-4-7-11-17/h4,6-7,10-11,18H,5,8-9,12-16H2,1-3H3,(H,23,27)(H,25,26). The first kappa shape index (κ1) is 25.2. The summed E-state index contributed by atoms with van der Waals surface area (Å²) in [6.07, 6.45) is 3.69. The number of carbonyl (C=O) groups is 3. The third kappa shape index (κ3) is 13.1. The van der Waals surface area contributed by atoms with Crippen LogP contribution < -0.4 is 5.32 Å². The molecule has 1 atom stereocenters. The van der Waals surface area contributed by atoms with E-state index in [1.165, 1.54) is 0 Å². The van der Waals surface area contributed by atoms with Crippen molar-refractivity contribution in [2.24, 2.45) is 5.92 Å². The van der Waals surface area contributed by atoms with E-state index in [9.17, 15) is 19.5 Å². The van der Waals surface area contributed by atoms with Gasteiger partial charge in [-0.15, -0.1) is 0 Å². The van der Waals surface area contributed by atoms with Crippen molar-refractivity contribution in [3.63, 3.8) is 0 Å². The van der Waals surface area contributed by atoms with Gasteiger partial charge in [-0.2, -0.15) is 0 Å². The van der Waals surface area contributed by atoms with E-state index in [2.05, 4.69) is 5.32 Å². The minimum atomic E-state index is -0.824. The molecule has 7 heteroatoms. The number of rotatable bonds is 13. The van der Waals surface area contributed by atoms with Gasteiger partial charge >= 0.3 is 180 Å². The second-order valence-electron chi connectivity index (χ2n) is 7.98. The van der Waals surface area contributed by atoms with Crippen LogP contribution in [-0.2, 0) is 20.7 Å². The van der Waals surface area contributed by atoms with E-state index in [0.717, 1.165) is 24.8 Å². The Hall–Kier alpha value is -1.85. The van der Waals surface area contributed by atoms with E-state index < -0.39 is 23.6 Å². The summed E-state index contributed by atoms with van der Waals surface area (Å²) in [5.74, 6) is -1.29. The van der Waals surface area contributed by atoms with Crippen molar-refractivity contribution >= 4 is 31.7 Å². The number of aryl methyl sites for hydroxylation is 1. The van der Waals surface area contributed by atoms with Crippen molar-refractivity contribution in [1.82, 2.24) is 5.32 Å². The van der Waals surface area contributed by atoms with Gasteiger partial charge < -0.3 is 0 Å². The molecule has 0 aliphatic heterocycles. The molecule has 0 radical (unpaired) electrons. The number of hydrogen-bond donors (Lipinski definition) is 2. The average Bonchev–Trinajstić information content (AvgIpc) is 2.64. The monoisotopic (exact) mass is 471 g/mol. The minimum absolute atomic E-state index is 0.175. The normalized spacial score (nSPS) is 12.2. The molecule has 1 unspecified atom stereocenters. The summed E-state index contributed by atoms with van der Waals surface area (Å²) in [6.45, 7) is 5.94. The van der Waals surface area contributed by atoms with E-state index in [1.807, 2.05) is 51.1 Å². The number of carboxylic acid groups (broad SMARTS) is 1. The van der Waals surface area contributed by atoms with E-state index in [-0.39, 0.29) is 19.6 Å². The van der Waals surface area contributed by atoms with E-state index in [4.69, 9.17) is 4.74 Å². The van der Waals surface area contributed by atoms with Gasteiger partial charge in [0, 0.05) is 0 Å². The molecular weight excluding hydrogens is 437 g/mol. The maximum absolute atomic E-state index is 12.1. The van der Waals surface area contributed by atoms with Gasteiger partial charge in [0.15, 0.2) is 0 Å². The number of carboxylic acids is 1. The summed E-state index contributed by atoms with van der Waals surface area (Å²) in [7, 11) is 0. The fourth-order valence-electron chi connectivity index (χ4n) is 2.63. The van der Waals surface area contributed by atoms with Crippen LogP contribution in [0.1, 0.15) is 58.4 Å². The van der Waals surface area contributed by atoms with Gasteiger partial charge in [-0.05, 0) is 0 Å². The van der Waals surface area contributed by atoms with Crippen LogP contribution in [0.4, 0.5) is 4.79 Å². The maximum atomic E-state index is 12.1. The number of nitrogens with one attached hydrogen (secondary N) is 1. The number of benzene rings is 1. The molecule has 0 spiro atoms. The van der Waals surface area contributed by atoms with Crippen LogP contribution in [0.25, 0.3) is 0 Å².